The van der Waals surface area contributed by atoms with Crippen LogP contribution in [0.4, 0.5) is 11.4 Å². The van der Waals surface area contributed by atoms with Gasteiger partial charge in [0.25, 0.3) is 11.7 Å². The standard InChI is InChI=1S/C29H29N3O3/c1-19-6-7-22(18-20(19)2)27(33)25-26(21-12-14-30-15-13-21)32(29(35)28(25)34)24-10-8-23(9-11-24)31-16-4-3-5-17-31/h6-15,18,26,33H,3-5,16-17H2,1-2H3/b27-25-. The van der Waals surface area contributed by atoms with Crippen molar-refractivity contribution in [1.29, 1.82) is 0 Å². The van der Waals surface area contributed by atoms with E-state index in [0.717, 1.165) is 29.9 Å². The fourth-order valence-electron chi connectivity index (χ4n) is 4.98. The van der Waals surface area contributed by atoms with E-state index >= 15 is 0 Å². The van der Waals surface area contributed by atoms with Gasteiger partial charge < -0.3 is 10.0 Å². The third kappa shape index (κ3) is 4.20. The quantitative estimate of drug-likeness (QED) is 0.320. The Morgan fingerprint density at radius 1 is 0.857 bits per heavy atom. The van der Waals surface area contributed by atoms with Gasteiger partial charge in [-0.25, -0.2) is 0 Å². The van der Waals surface area contributed by atoms with Crippen molar-refractivity contribution in [1.82, 2.24) is 4.98 Å². The van der Waals surface area contributed by atoms with Crippen molar-refractivity contribution in [3.63, 3.8) is 0 Å². The summed E-state index contributed by atoms with van der Waals surface area (Å²) in [4.78, 5) is 34.6. The summed E-state index contributed by atoms with van der Waals surface area (Å²) in [5.41, 5.74) is 5.13. The first-order valence-electron chi connectivity index (χ1n) is 12.1. The molecule has 0 aliphatic carbocycles. The molecule has 35 heavy (non-hydrogen) atoms. The number of piperidine rings is 1. The predicted octanol–water partition coefficient (Wildman–Crippen LogP) is 5.32. The average Bonchev–Trinajstić information content (AvgIpc) is 3.16. The lowest BCUT2D eigenvalue weighted by Crippen LogP contribution is -2.30. The SMILES string of the molecule is Cc1ccc(/C(O)=C2/C(=O)C(=O)N(c3ccc(N4CCCCC4)cc3)C2c2ccncc2)cc1C. The summed E-state index contributed by atoms with van der Waals surface area (Å²) in [6.45, 7) is 5.99. The number of rotatable bonds is 4. The van der Waals surface area contributed by atoms with Crippen LogP contribution in [-0.4, -0.2) is 34.9 Å². The number of aromatic nitrogens is 1. The first-order chi connectivity index (χ1) is 17.0. The molecule has 1 aromatic heterocycles. The minimum atomic E-state index is -0.750. The van der Waals surface area contributed by atoms with E-state index in [4.69, 9.17) is 0 Å². The van der Waals surface area contributed by atoms with Gasteiger partial charge in [0.15, 0.2) is 0 Å². The van der Waals surface area contributed by atoms with Crippen LogP contribution in [0.1, 0.15) is 47.6 Å². The van der Waals surface area contributed by atoms with Gasteiger partial charge in [-0.2, -0.15) is 0 Å². The molecule has 3 heterocycles. The number of hydrogen-bond donors (Lipinski definition) is 1. The fraction of sp³-hybridized carbons (Fsp3) is 0.276. The number of aliphatic hydroxyl groups excluding tert-OH is 1. The predicted molar refractivity (Wildman–Crippen MR) is 137 cm³/mol. The Balaban J connectivity index is 1.60. The molecule has 2 aliphatic rings. The number of hydrogen-bond acceptors (Lipinski definition) is 5. The molecular formula is C29H29N3O3. The Morgan fingerprint density at radius 2 is 1.51 bits per heavy atom. The summed E-state index contributed by atoms with van der Waals surface area (Å²) in [7, 11) is 0. The van der Waals surface area contributed by atoms with Gasteiger partial charge in [-0.15, -0.1) is 0 Å². The zero-order valence-electron chi connectivity index (χ0n) is 20.1. The van der Waals surface area contributed by atoms with E-state index in [-0.39, 0.29) is 11.3 Å². The van der Waals surface area contributed by atoms with Crippen molar-refractivity contribution in [3.05, 3.63) is 94.8 Å². The summed E-state index contributed by atoms with van der Waals surface area (Å²) >= 11 is 0. The van der Waals surface area contributed by atoms with Crippen molar-refractivity contribution >= 4 is 28.8 Å². The largest absolute Gasteiger partial charge is 0.507 e. The number of ketones is 1. The van der Waals surface area contributed by atoms with Gasteiger partial charge in [-0.05, 0) is 92.3 Å². The highest BCUT2D eigenvalue weighted by atomic mass is 16.3. The molecule has 2 fully saturated rings. The third-order valence-corrected chi connectivity index (χ3v) is 7.10. The number of amides is 1. The molecule has 178 valence electrons. The Bertz CT molecular complexity index is 1290. The van der Waals surface area contributed by atoms with Crippen LogP contribution in [0.5, 0.6) is 0 Å². The van der Waals surface area contributed by atoms with E-state index in [0.29, 0.717) is 16.8 Å². The molecule has 1 atom stereocenters. The normalized spacial score (nSPS) is 19.9. The number of nitrogens with zero attached hydrogens (tertiary/aromatic N) is 3. The summed E-state index contributed by atoms with van der Waals surface area (Å²) in [6, 6.07) is 16.1. The third-order valence-electron chi connectivity index (χ3n) is 7.10. The lowest BCUT2D eigenvalue weighted by atomic mass is 9.94. The van der Waals surface area contributed by atoms with Crippen molar-refractivity contribution in [2.45, 2.75) is 39.2 Å². The van der Waals surface area contributed by atoms with Crippen molar-refractivity contribution in [2.24, 2.45) is 0 Å². The molecule has 0 saturated carbocycles. The van der Waals surface area contributed by atoms with Crippen LogP contribution in [-0.2, 0) is 9.59 Å². The summed E-state index contributed by atoms with van der Waals surface area (Å²) in [6.07, 6.45) is 6.87. The van der Waals surface area contributed by atoms with Gasteiger partial charge in [0.05, 0.1) is 11.6 Å². The second-order valence-corrected chi connectivity index (χ2v) is 9.31. The molecule has 2 aliphatic heterocycles. The number of aliphatic hydroxyl groups is 1. The number of pyridine rings is 1. The number of benzene rings is 2. The number of carbonyl (C=O) groups excluding carboxylic acids is 2. The van der Waals surface area contributed by atoms with Crippen LogP contribution < -0.4 is 9.80 Å². The molecular weight excluding hydrogens is 438 g/mol. The minimum absolute atomic E-state index is 0.0876. The average molecular weight is 468 g/mol. The number of aryl methyl sites for hydroxylation is 2. The Kier molecular flexibility index (Phi) is 6.12. The van der Waals surface area contributed by atoms with Gasteiger partial charge in [0.1, 0.15) is 5.76 Å². The van der Waals surface area contributed by atoms with Crippen LogP contribution in [0.25, 0.3) is 5.76 Å². The zero-order chi connectivity index (χ0) is 24.5. The van der Waals surface area contributed by atoms with Crippen LogP contribution in [0.2, 0.25) is 0 Å². The maximum Gasteiger partial charge on any atom is 0.300 e. The molecule has 1 amide bonds. The van der Waals surface area contributed by atoms with Crippen molar-refractivity contribution in [2.75, 3.05) is 22.9 Å². The van der Waals surface area contributed by atoms with Crippen LogP contribution in [0, 0.1) is 13.8 Å². The summed E-state index contributed by atoms with van der Waals surface area (Å²) in [5, 5.41) is 11.3. The molecule has 0 bridgehead atoms. The van der Waals surface area contributed by atoms with Gasteiger partial charge in [-0.1, -0.05) is 12.1 Å². The molecule has 1 unspecified atom stereocenters. The first-order valence-corrected chi connectivity index (χ1v) is 12.1. The van der Waals surface area contributed by atoms with E-state index in [1.54, 1.807) is 30.6 Å². The first kappa shape index (κ1) is 22.8. The van der Waals surface area contributed by atoms with Crippen LogP contribution in [0.3, 0.4) is 0 Å². The molecule has 6 nitrogen and oxygen atoms in total. The lowest BCUT2D eigenvalue weighted by Gasteiger charge is -2.30. The Morgan fingerprint density at radius 3 is 2.17 bits per heavy atom. The smallest absolute Gasteiger partial charge is 0.300 e. The van der Waals surface area contributed by atoms with E-state index in [1.165, 1.54) is 24.2 Å². The maximum absolute atomic E-state index is 13.3. The van der Waals surface area contributed by atoms with E-state index in [2.05, 4.69) is 9.88 Å². The molecule has 3 aromatic rings. The minimum Gasteiger partial charge on any atom is -0.507 e. The summed E-state index contributed by atoms with van der Waals surface area (Å²) < 4.78 is 0. The summed E-state index contributed by atoms with van der Waals surface area (Å²) in [5.74, 6) is -1.51. The van der Waals surface area contributed by atoms with Gasteiger partial charge in [0.2, 0.25) is 0 Å². The monoisotopic (exact) mass is 467 g/mol. The highest BCUT2D eigenvalue weighted by molar-refractivity contribution is 6.51. The van der Waals surface area contributed by atoms with E-state index in [9.17, 15) is 14.7 Å². The van der Waals surface area contributed by atoms with Gasteiger partial charge in [0, 0.05) is 42.4 Å². The highest BCUT2D eigenvalue weighted by Gasteiger charge is 2.47. The molecule has 2 saturated heterocycles. The molecule has 1 N–H and O–H groups in total. The maximum atomic E-state index is 13.3. The fourth-order valence-corrected chi connectivity index (χ4v) is 4.98. The Hall–Kier alpha value is -3.93. The van der Waals surface area contributed by atoms with Gasteiger partial charge in [-0.3, -0.25) is 19.5 Å². The van der Waals surface area contributed by atoms with Crippen LogP contribution >= 0.6 is 0 Å². The molecule has 0 spiro atoms. The Labute approximate surface area is 205 Å². The van der Waals surface area contributed by atoms with Crippen molar-refractivity contribution < 1.29 is 14.7 Å². The van der Waals surface area contributed by atoms with Gasteiger partial charge >= 0.3 is 0 Å². The number of anilines is 2. The second kappa shape index (κ2) is 9.37. The molecule has 2 aromatic carbocycles. The molecule has 5 rings (SSSR count). The van der Waals surface area contributed by atoms with E-state index < -0.39 is 17.7 Å². The lowest BCUT2D eigenvalue weighted by molar-refractivity contribution is -0.132. The molecule has 6 heteroatoms. The number of carbonyl (C=O) groups is 2. The second-order valence-electron chi connectivity index (χ2n) is 9.31. The van der Waals surface area contributed by atoms with E-state index in [1.807, 2.05) is 50.2 Å². The zero-order valence-corrected chi connectivity index (χ0v) is 20.1. The van der Waals surface area contributed by atoms with Crippen molar-refractivity contribution in [3.8, 4) is 0 Å². The number of Topliss-reactive ketones (excluding diaryl/α,β-unsaturated/α-hetero) is 1. The highest BCUT2D eigenvalue weighted by Crippen LogP contribution is 2.42. The van der Waals surface area contributed by atoms with Crippen LogP contribution in [0.15, 0.2) is 72.6 Å². The molecule has 0 radical (unpaired) electrons. The topological polar surface area (TPSA) is 73.7 Å².